The third-order valence-corrected chi connectivity index (χ3v) is 3.27. The first-order chi connectivity index (χ1) is 10.2. The van der Waals surface area contributed by atoms with Gasteiger partial charge in [0, 0.05) is 16.7 Å². The standard InChI is InChI=1S/C16H14BrN3O/c17-14-6-13(9-18)7-15(8-14)19-11-16(21)20-10-12-4-2-1-3-5-12/h1-8,19H,10-11H2,(H,20,21). The average Bonchev–Trinajstić information content (AvgIpc) is 2.51. The second-order valence-electron chi connectivity index (χ2n) is 4.46. The molecule has 0 saturated carbocycles. The Morgan fingerprint density at radius 1 is 1.19 bits per heavy atom. The third-order valence-electron chi connectivity index (χ3n) is 2.81. The zero-order chi connectivity index (χ0) is 15.1. The second kappa shape index (κ2) is 7.46. The molecule has 5 heteroatoms. The number of hydrogen-bond acceptors (Lipinski definition) is 3. The lowest BCUT2D eigenvalue weighted by Gasteiger charge is -2.08. The highest BCUT2D eigenvalue weighted by Crippen LogP contribution is 2.18. The van der Waals surface area contributed by atoms with Crippen molar-refractivity contribution in [1.82, 2.24) is 5.32 Å². The van der Waals surface area contributed by atoms with Crippen molar-refractivity contribution < 1.29 is 4.79 Å². The molecule has 0 heterocycles. The van der Waals surface area contributed by atoms with Crippen LogP contribution in [-0.4, -0.2) is 12.5 Å². The van der Waals surface area contributed by atoms with E-state index in [0.29, 0.717) is 12.1 Å². The van der Waals surface area contributed by atoms with Crippen LogP contribution in [0.2, 0.25) is 0 Å². The number of rotatable bonds is 5. The fraction of sp³-hybridized carbons (Fsp3) is 0.125. The van der Waals surface area contributed by atoms with Crippen molar-refractivity contribution in [1.29, 1.82) is 5.26 Å². The largest absolute Gasteiger partial charge is 0.376 e. The summed E-state index contributed by atoms with van der Waals surface area (Å²) in [6.45, 7) is 0.664. The number of carbonyl (C=O) groups excluding carboxylic acids is 1. The number of carbonyl (C=O) groups is 1. The molecule has 0 aliphatic rings. The molecule has 21 heavy (non-hydrogen) atoms. The number of amides is 1. The third kappa shape index (κ3) is 4.93. The van der Waals surface area contributed by atoms with Crippen molar-refractivity contribution in [2.75, 3.05) is 11.9 Å². The molecule has 0 atom stereocenters. The van der Waals surface area contributed by atoms with Crippen LogP contribution in [0.4, 0.5) is 5.69 Å². The summed E-state index contributed by atoms with van der Waals surface area (Å²) in [5, 5.41) is 14.7. The molecular formula is C16H14BrN3O. The smallest absolute Gasteiger partial charge is 0.239 e. The summed E-state index contributed by atoms with van der Waals surface area (Å²) in [5.74, 6) is -0.0997. The van der Waals surface area contributed by atoms with Gasteiger partial charge in [-0.1, -0.05) is 46.3 Å². The molecule has 2 aromatic carbocycles. The highest BCUT2D eigenvalue weighted by Gasteiger charge is 2.03. The molecule has 0 radical (unpaired) electrons. The SMILES string of the molecule is N#Cc1cc(Br)cc(NCC(=O)NCc2ccccc2)c1. The maximum atomic E-state index is 11.8. The molecule has 2 rings (SSSR count). The van der Waals surface area contributed by atoms with Crippen LogP contribution in [0.3, 0.4) is 0 Å². The number of benzene rings is 2. The zero-order valence-electron chi connectivity index (χ0n) is 11.3. The second-order valence-corrected chi connectivity index (χ2v) is 5.37. The van der Waals surface area contributed by atoms with Crippen molar-refractivity contribution in [2.45, 2.75) is 6.54 Å². The van der Waals surface area contributed by atoms with Crippen LogP contribution in [-0.2, 0) is 11.3 Å². The summed E-state index contributed by atoms with van der Waals surface area (Å²) in [7, 11) is 0. The molecule has 0 spiro atoms. The van der Waals surface area contributed by atoms with Crippen LogP contribution in [0.15, 0.2) is 53.0 Å². The van der Waals surface area contributed by atoms with Gasteiger partial charge in [0.25, 0.3) is 0 Å². The van der Waals surface area contributed by atoms with Gasteiger partial charge in [-0.05, 0) is 23.8 Å². The summed E-state index contributed by atoms with van der Waals surface area (Å²) < 4.78 is 0.800. The highest BCUT2D eigenvalue weighted by atomic mass is 79.9. The molecule has 2 aromatic rings. The molecule has 0 aromatic heterocycles. The maximum absolute atomic E-state index is 11.8. The van der Waals surface area contributed by atoms with Gasteiger partial charge in [-0.2, -0.15) is 5.26 Å². The summed E-state index contributed by atoms with van der Waals surface area (Å²) in [6.07, 6.45) is 0. The first kappa shape index (κ1) is 15.1. The van der Waals surface area contributed by atoms with Crippen LogP contribution in [0.5, 0.6) is 0 Å². The minimum absolute atomic E-state index is 0.0997. The number of nitriles is 1. The average molecular weight is 344 g/mol. The number of nitrogens with zero attached hydrogens (tertiary/aromatic N) is 1. The van der Waals surface area contributed by atoms with Crippen LogP contribution in [0.25, 0.3) is 0 Å². The van der Waals surface area contributed by atoms with E-state index in [4.69, 9.17) is 5.26 Å². The number of halogens is 1. The molecule has 0 fully saturated rings. The molecular weight excluding hydrogens is 330 g/mol. The van der Waals surface area contributed by atoms with Crippen LogP contribution < -0.4 is 10.6 Å². The minimum atomic E-state index is -0.0997. The monoisotopic (exact) mass is 343 g/mol. The van der Waals surface area contributed by atoms with Gasteiger partial charge in [-0.25, -0.2) is 0 Å². The van der Waals surface area contributed by atoms with E-state index < -0.39 is 0 Å². The molecule has 0 saturated heterocycles. The van der Waals surface area contributed by atoms with Gasteiger partial charge in [-0.15, -0.1) is 0 Å². The van der Waals surface area contributed by atoms with E-state index in [1.807, 2.05) is 36.4 Å². The van der Waals surface area contributed by atoms with E-state index in [9.17, 15) is 4.79 Å². The van der Waals surface area contributed by atoms with Crippen molar-refractivity contribution in [3.05, 3.63) is 64.1 Å². The Hall–Kier alpha value is -2.32. The molecule has 0 bridgehead atoms. The Kier molecular flexibility index (Phi) is 5.35. The van der Waals surface area contributed by atoms with Gasteiger partial charge in [-0.3, -0.25) is 4.79 Å². The summed E-state index contributed by atoms with van der Waals surface area (Å²) in [4.78, 5) is 11.8. The van der Waals surface area contributed by atoms with E-state index in [1.165, 1.54) is 0 Å². The lowest BCUT2D eigenvalue weighted by atomic mass is 10.2. The lowest BCUT2D eigenvalue weighted by molar-refractivity contribution is -0.119. The number of anilines is 1. The highest BCUT2D eigenvalue weighted by molar-refractivity contribution is 9.10. The van der Waals surface area contributed by atoms with Crippen LogP contribution in [0.1, 0.15) is 11.1 Å². The Balaban J connectivity index is 1.84. The predicted molar refractivity (Wildman–Crippen MR) is 85.6 cm³/mol. The van der Waals surface area contributed by atoms with E-state index >= 15 is 0 Å². The fourth-order valence-electron chi connectivity index (χ4n) is 1.80. The molecule has 0 aliphatic heterocycles. The van der Waals surface area contributed by atoms with Crippen LogP contribution in [0, 0.1) is 11.3 Å². The molecule has 4 nitrogen and oxygen atoms in total. The Bertz CT molecular complexity index is 665. The molecule has 0 aliphatic carbocycles. The van der Waals surface area contributed by atoms with Gasteiger partial charge >= 0.3 is 0 Å². The Morgan fingerprint density at radius 2 is 1.95 bits per heavy atom. The maximum Gasteiger partial charge on any atom is 0.239 e. The van der Waals surface area contributed by atoms with Gasteiger partial charge in [0.2, 0.25) is 5.91 Å². The first-order valence-corrected chi connectivity index (χ1v) is 7.22. The predicted octanol–water partition coefficient (Wildman–Crippen LogP) is 3.05. The van der Waals surface area contributed by atoms with Gasteiger partial charge in [0.1, 0.15) is 0 Å². The molecule has 106 valence electrons. The normalized spacial score (nSPS) is 9.71. The summed E-state index contributed by atoms with van der Waals surface area (Å²) in [6, 6.07) is 17.0. The van der Waals surface area contributed by atoms with Crippen molar-refractivity contribution in [3.8, 4) is 6.07 Å². The van der Waals surface area contributed by atoms with Gasteiger partial charge in [0.15, 0.2) is 0 Å². The molecule has 0 unspecified atom stereocenters. The van der Waals surface area contributed by atoms with E-state index in [-0.39, 0.29) is 12.5 Å². The van der Waals surface area contributed by atoms with Crippen molar-refractivity contribution in [2.24, 2.45) is 0 Å². The first-order valence-electron chi connectivity index (χ1n) is 6.42. The number of nitrogens with one attached hydrogen (secondary N) is 2. The quantitative estimate of drug-likeness (QED) is 0.876. The Morgan fingerprint density at radius 3 is 2.67 bits per heavy atom. The minimum Gasteiger partial charge on any atom is -0.376 e. The van der Waals surface area contributed by atoms with E-state index in [2.05, 4.69) is 32.6 Å². The summed E-state index contributed by atoms with van der Waals surface area (Å²) in [5.41, 5.74) is 2.33. The zero-order valence-corrected chi connectivity index (χ0v) is 12.9. The van der Waals surface area contributed by atoms with Gasteiger partial charge in [0.05, 0.1) is 18.2 Å². The summed E-state index contributed by atoms with van der Waals surface area (Å²) >= 11 is 3.33. The Labute approximate surface area is 131 Å². The van der Waals surface area contributed by atoms with E-state index in [1.54, 1.807) is 12.1 Å². The lowest BCUT2D eigenvalue weighted by Crippen LogP contribution is -2.29. The number of hydrogen-bond donors (Lipinski definition) is 2. The fourth-order valence-corrected chi connectivity index (χ4v) is 2.29. The molecule has 2 N–H and O–H groups in total. The van der Waals surface area contributed by atoms with Crippen LogP contribution >= 0.6 is 15.9 Å². The van der Waals surface area contributed by atoms with Crippen molar-refractivity contribution >= 4 is 27.5 Å². The van der Waals surface area contributed by atoms with E-state index in [0.717, 1.165) is 15.7 Å². The van der Waals surface area contributed by atoms with Crippen molar-refractivity contribution in [3.63, 3.8) is 0 Å². The van der Waals surface area contributed by atoms with Gasteiger partial charge < -0.3 is 10.6 Å². The topological polar surface area (TPSA) is 64.9 Å². The molecule has 1 amide bonds.